The second-order valence-corrected chi connectivity index (χ2v) is 5.11. The van der Waals surface area contributed by atoms with E-state index in [-0.39, 0.29) is 0 Å². The van der Waals surface area contributed by atoms with Gasteiger partial charge in [-0.25, -0.2) is 9.78 Å². The van der Waals surface area contributed by atoms with Crippen molar-refractivity contribution in [2.75, 3.05) is 25.9 Å². The summed E-state index contributed by atoms with van der Waals surface area (Å²) < 4.78 is 6.70. The minimum Gasteiger partial charge on any atom is -0.464 e. The standard InChI is InChI=1S/C14H18N4O2/c1-20-14(19)12-13-10(15)3-2-6-18(13)11(17-12)7-9-4-5-16-8-9/h2-3,6,9,16H,4-5,7-8,15H2,1H3. The third-order valence-electron chi connectivity index (χ3n) is 3.78. The van der Waals surface area contributed by atoms with Crippen LogP contribution in [0.5, 0.6) is 0 Å². The molecule has 0 radical (unpaired) electrons. The highest BCUT2D eigenvalue weighted by Crippen LogP contribution is 2.23. The summed E-state index contributed by atoms with van der Waals surface area (Å²) in [6.07, 6.45) is 3.85. The first kappa shape index (κ1) is 12.9. The van der Waals surface area contributed by atoms with Crippen molar-refractivity contribution in [3.63, 3.8) is 0 Å². The van der Waals surface area contributed by atoms with Crippen LogP contribution in [0.1, 0.15) is 22.7 Å². The largest absolute Gasteiger partial charge is 0.464 e. The monoisotopic (exact) mass is 274 g/mol. The third kappa shape index (κ3) is 2.12. The fourth-order valence-electron chi connectivity index (χ4n) is 2.76. The van der Waals surface area contributed by atoms with E-state index in [2.05, 4.69) is 10.3 Å². The summed E-state index contributed by atoms with van der Waals surface area (Å²) in [6.45, 7) is 2.03. The molecule has 1 atom stereocenters. The number of imidazole rings is 1. The van der Waals surface area contributed by atoms with E-state index >= 15 is 0 Å². The first-order valence-corrected chi connectivity index (χ1v) is 6.75. The number of fused-ring (bicyclic) bond motifs is 1. The first-order valence-electron chi connectivity index (χ1n) is 6.75. The minimum atomic E-state index is -0.448. The second-order valence-electron chi connectivity index (χ2n) is 5.11. The highest BCUT2D eigenvalue weighted by Gasteiger charge is 2.23. The molecule has 6 heteroatoms. The van der Waals surface area contributed by atoms with Crippen molar-refractivity contribution in [3.05, 3.63) is 29.8 Å². The van der Waals surface area contributed by atoms with Crippen LogP contribution in [-0.2, 0) is 11.2 Å². The number of nitrogens with one attached hydrogen (secondary N) is 1. The molecular formula is C14H18N4O2. The molecule has 1 aliphatic rings. The Balaban J connectivity index is 2.07. The van der Waals surface area contributed by atoms with Gasteiger partial charge in [-0.3, -0.25) is 0 Å². The average molecular weight is 274 g/mol. The molecule has 3 rings (SSSR count). The summed E-state index contributed by atoms with van der Waals surface area (Å²) in [5.74, 6) is 0.963. The maximum absolute atomic E-state index is 11.9. The number of anilines is 1. The van der Waals surface area contributed by atoms with Gasteiger partial charge in [-0.1, -0.05) is 0 Å². The molecule has 1 aliphatic heterocycles. The van der Waals surface area contributed by atoms with Gasteiger partial charge < -0.3 is 20.2 Å². The number of rotatable bonds is 3. The number of methoxy groups -OCH3 is 1. The smallest absolute Gasteiger partial charge is 0.359 e. The van der Waals surface area contributed by atoms with E-state index in [1.807, 2.05) is 16.7 Å². The number of hydrogen-bond donors (Lipinski definition) is 2. The predicted octanol–water partition coefficient (Wildman–Crippen LogP) is 0.855. The number of carbonyl (C=O) groups excluding carboxylic acids is 1. The van der Waals surface area contributed by atoms with E-state index in [1.54, 1.807) is 6.07 Å². The van der Waals surface area contributed by atoms with Crippen LogP contribution in [0.15, 0.2) is 18.3 Å². The Labute approximate surface area is 116 Å². The Kier molecular flexibility index (Phi) is 3.31. The molecule has 1 fully saturated rings. The van der Waals surface area contributed by atoms with Crippen molar-refractivity contribution in [2.45, 2.75) is 12.8 Å². The third-order valence-corrected chi connectivity index (χ3v) is 3.78. The molecule has 2 aromatic rings. The van der Waals surface area contributed by atoms with Crippen LogP contribution in [0.4, 0.5) is 5.69 Å². The first-order chi connectivity index (χ1) is 9.70. The molecule has 0 saturated carbocycles. The number of nitrogens with zero attached hydrogens (tertiary/aromatic N) is 2. The number of esters is 1. The Morgan fingerprint density at radius 2 is 2.50 bits per heavy atom. The van der Waals surface area contributed by atoms with Gasteiger partial charge in [0, 0.05) is 12.6 Å². The predicted molar refractivity (Wildman–Crippen MR) is 75.6 cm³/mol. The molecule has 1 unspecified atom stereocenters. The van der Waals surface area contributed by atoms with Gasteiger partial charge in [0.05, 0.1) is 12.8 Å². The van der Waals surface area contributed by atoms with E-state index in [1.165, 1.54) is 7.11 Å². The number of hydrogen-bond acceptors (Lipinski definition) is 5. The maximum atomic E-state index is 11.9. The van der Waals surface area contributed by atoms with Crippen molar-refractivity contribution in [1.29, 1.82) is 0 Å². The van der Waals surface area contributed by atoms with Gasteiger partial charge in [-0.15, -0.1) is 0 Å². The average Bonchev–Trinajstić information content (AvgIpc) is 3.08. The van der Waals surface area contributed by atoms with Crippen molar-refractivity contribution < 1.29 is 9.53 Å². The molecule has 1 saturated heterocycles. The molecule has 3 N–H and O–H groups in total. The summed E-state index contributed by atoms with van der Waals surface area (Å²) >= 11 is 0. The SMILES string of the molecule is COC(=O)c1nc(CC2CCNC2)n2cccc(N)c12. The summed E-state index contributed by atoms with van der Waals surface area (Å²) in [4.78, 5) is 16.3. The molecule has 20 heavy (non-hydrogen) atoms. The van der Waals surface area contributed by atoms with E-state index in [0.29, 0.717) is 22.8 Å². The molecule has 2 aromatic heterocycles. The lowest BCUT2D eigenvalue weighted by atomic mass is 10.0. The fraction of sp³-hybridized carbons (Fsp3) is 0.429. The zero-order valence-corrected chi connectivity index (χ0v) is 11.4. The van der Waals surface area contributed by atoms with E-state index in [4.69, 9.17) is 10.5 Å². The number of nitrogens with two attached hydrogens (primary N) is 1. The summed E-state index contributed by atoms with van der Waals surface area (Å²) in [5.41, 5.74) is 7.47. The van der Waals surface area contributed by atoms with Crippen LogP contribution >= 0.6 is 0 Å². The topological polar surface area (TPSA) is 81.6 Å². The zero-order valence-electron chi connectivity index (χ0n) is 11.4. The van der Waals surface area contributed by atoms with Crippen molar-refractivity contribution in [1.82, 2.24) is 14.7 Å². The van der Waals surface area contributed by atoms with Crippen molar-refractivity contribution in [2.24, 2.45) is 5.92 Å². The van der Waals surface area contributed by atoms with Crippen molar-refractivity contribution >= 4 is 17.2 Å². The van der Waals surface area contributed by atoms with Crippen LogP contribution in [0.25, 0.3) is 5.52 Å². The highest BCUT2D eigenvalue weighted by molar-refractivity contribution is 5.98. The Bertz CT molecular complexity index is 644. The van der Waals surface area contributed by atoms with Gasteiger partial charge >= 0.3 is 5.97 Å². The lowest BCUT2D eigenvalue weighted by Gasteiger charge is -2.07. The molecule has 6 nitrogen and oxygen atoms in total. The molecular weight excluding hydrogens is 256 g/mol. The van der Waals surface area contributed by atoms with Crippen molar-refractivity contribution in [3.8, 4) is 0 Å². The van der Waals surface area contributed by atoms with E-state index in [0.717, 1.165) is 31.8 Å². The van der Waals surface area contributed by atoms with Gasteiger partial charge in [0.1, 0.15) is 11.3 Å². The number of aromatic nitrogens is 2. The van der Waals surface area contributed by atoms with Crippen LogP contribution in [0.2, 0.25) is 0 Å². The van der Waals surface area contributed by atoms with E-state index in [9.17, 15) is 4.79 Å². The van der Waals surface area contributed by atoms with Crippen LogP contribution in [0.3, 0.4) is 0 Å². The van der Waals surface area contributed by atoms with Gasteiger partial charge in [0.15, 0.2) is 5.69 Å². The van der Waals surface area contributed by atoms with Crippen LogP contribution in [0, 0.1) is 5.92 Å². The number of nitrogen functional groups attached to an aromatic ring is 1. The van der Waals surface area contributed by atoms with E-state index < -0.39 is 5.97 Å². The molecule has 0 spiro atoms. The normalized spacial score (nSPS) is 18.6. The Hall–Kier alpha value is -2.08. The summed E-state index contributed by atoms with van der Waals surface area (Å²) in [7, 11) is 1.35. The molecule has 0 aliphatic carbocycles. The number of carbonyl (C=O) groups is 1. The lowest BCUT2D eigenvalue weighted by molar-refractivity contribution is 0.0597. The Morgan fingerprint density at radius 3 is 3.20 bits per heavy atom. The van der Waals surface area contributed by atoms with Gasteiger partial charge in [-0.05, 0) is 37.6 Å². The quantitative estimate of drug-likeness (QED) is 0.811. The van der Waals surface area contributed by atoms with Gasteiger partial charge in [0.25, 0.3) is 0 Å². The zero-order chi connectivity index (χ0) is 14.1. The summed E-state index contributed by atoms with van der Waals surface area (Å²) in [6, 6.07) is 3.63. The number of pyridine rings is 1. The molecule has 3 heterocycles. The second kappa shape index (κ2) is 5.13. The Morgan fingerprint density at radius 1 is 1.65 bits per heavy atom. The molecule has 0 aromatic carbocycles. The lowest BCUT2D eigenvalue weighted by Crippen LogP contribution is -2.12. The molecule has 0 amide bonds. The maximum Gasteiger partial charge on any atom is 0.359 e. The van der Waals surface area contributed by atoms with Gasteiger partial charge in [0.2, 0.25) is 0 Å². The minimum absolute atomic E-state index is 0.298. The summed E-state index contributed by atoms with van der Waals surface area (Å²) in [5, 5.41) is 3.34. The fourth-order valence-corrected chi connectivity index (χ4v) is 2.76. The van der Waals surface area contributed by atoms with Crippen LogP contribution < -0.4 is 11.1 Å². The number of ether oxygens (including phenoxy) is 1. The molecule has 0 bridgehead atoms. The molecule has 106 valence electrons. The highest BCUT2D eigenvalue weighted by atomic mass is 16.5. The van der Waals surface area contributed by atoms with Crippen LogP contribution in [-0.4, -0.2) is 35.6 Å². The van der Waals surface area contributed by atoms with Gasteiger partial charge in [-0.2, -0.15) is 0 Å².